The number of esters is 1. The molecule has 1 aromatic heterocycles. The fourth-order valence-corrected chi connectivity index (χ4v) is 3.82. The van der Waals surface area contributed by atoms with Gasteiger partial charge in [0.25, 0.3) is 0 Å². The van der Waals surface area contributed by atoms with E-state index >= 15 is 0 Å². The van der Waals surface area contributed by atoms with Crippen molar-refractivity contribution in [3.05, 3.63) is 59.3 Å². The molecule has 0 bridgehead atoms. The van der Waals surface area contributed by atoms with Crippen LogP contribution in [0.15, 0.2) is 42.6 Å². The number of carbonyl (C=O) groups excluding carboxylic acids is 1. The Labute approximate surface area is 135 Å². The van der Waals surface area contributed by atoms with E-state index in [0.717, 1.165) is 24.2 Å². The van der Waals surface area contributed by atoms with Gasteiger partial charge in [-0.1, -0.05) is 24.3 Å². The van der Waals surface area contributed by atoms with Gasteiger partial charge in [-0.3, -0.25) is 0 Å². The Morgan fingerprint density at radius 2 is 2.17 bits per heavy atom. The van der Waals surface area contributed by atoms with E-state index in [9.17, 15) is 4.79 Å². The van der Waals surface area contributed by atoms with E-state index in [0.29, 0.717) is 18.1 Å². The molecule has 0 radical (unpaired) electrons. The van der Waals surface area contributed by atoms with Gasteiger partial charge < -0.3 is 10.1 Å². The van der Waals surface area contributed by atoms with Gasteiger partial charge in [-0.25, -0.2) is 9.78 Å². The van der Waals surface area contributed by atoms with Gasteiger partial charge in [-0.2, -0.15) is 0 Å². The molecule has 1 saturated carbocycles. The Kier molecular flexibility index (Phi) is 3.52. The minimum atomic E-state index is -0.320. The Morgan fingerprint density at radius 1 is 1.30 bits per heavy atom. The van der Waals surface area contributed by atoms with Crippen molar-refractivity contribution in [3.63, 3.8) is 0 Å². The van der Waals surface area contributed by atoms with Crippen LogP contribution in [0.2, 0.25) is 0 Å². The van der Waals surface area contributed by atoms with Crippen LogP contribution in [0.1, 0.15) is 34.3 Å². The van der Waals surface area contributed by atoms with E-state index in [2.05, 4.69) is 34.6 Å². The van der Waals surface area contributed by atoms with E-state index in [1.807, 2.05) is 6.07 Å². The number of ether oxygens (including phenoxy) is 1. The lowest BCUT2D eigenvalue weighted by Gasteiger charge is -2.09. The first-order chi connectivity index (χ1) is 11.3. The molecule has 1 aromatic carbocycles. The monoisotopic (exact) mass is 308 g/mol. The number of fused-ring (bicyclic) bond motifs is 3. The normalized spacial score (nSPS) is 23.8. The van der Waals surface area contributed by atoms with E-state index in [1.54, 1.807) is 19.2 Å². The van der Waals surface area contributed by atoms with Crippen LogP contribution in [0.4, 0.5) is 5.82 Å². The summed E-state index contributed by atoms with van der Waals surface area (Å²) in [6.07, 6.45) is 2.78. The van der Waals surface area contributed by atoms with E-state index < -0.39 is 0 Å². The molecule has 118 valence electrons. The van der Waals surface area contributed by atoms with Crippen LogP contribution in [0.5, 0.6) is 0 Å². The molecule has 2 aromatic rings. The van der Waals surface area contributed by atoms with Crippen molar-refractivity contribution in [1.82, 2.24) is 4.98 Å². The van der Waals surface area contributed by atoms with Crippen molar-refractivity contribution in [1.29, 1.82) is 0 Å². The molecule has 0 aliphatic heterocycles. The highest BCUT2D eigenvalue weighted by Gasteiger charge is 2.54. The third-order valence-corrected chi connectivity index (χ3v) is 4.99. The van der Waals surface area contributed by atoms with Gasteiger partial charge in [0, 0.05) is 12.7 Å². The van der Waals surface area contributed by atoms with Crippen molar-refractivity contribution >= 4 is 11.8 Å². The Balaban J connectivity index is 1.34. The first-order valence-electron chi connectivity index (χ1n) is 8.22. The topological polar surface area (TPSA) is 51.2 Å². The summed E-state index contributed by atoms with van der Waals surface area (Å²) in [5.74, 6) is 2.71. The van der Waals surface area contributed by atoms with Crippen LogP contribution in [-0.2, 0) is 11.2 Å². The minimum Gasteiger partial charge on any atom is -0.462 e. The van der Waals surface area contributed by atoms with Crippen LogP contribution in [0.3, 0.4) is 0 Å². The first kappa shape index (κ1) is 14.2. The smallest absolute Gasteiger partial charge is 0.339 e. The van der Waals surface area contributed by atoms with Gasteiger partial charge in [-0.15, -0.1) is 0 Å². The molecular formula is C19H20N2O2. The molecule has 1 heterocycles. The molecule has 4 nitrogen and oxygen atoms in total. The quantitative estimate of drug-likeness (QED) is 0.861. The predicted molar refractivity (Wildman–Crippen MR) is 88.6 cm³/mol. The zero-order valence-corrected chi connectivity index (χ0v) is 13.2. The average molecular weight is 308 g/mol. The lowest BCUT2D eigenvalue weighted by molar-refractivity contribution is 0.0526. The molecule has 0 amide bonds. The minimum absolute atomic E-state index is 0.320. The fourth-order valence-electron chi connectivity index (χ4n) is 3.82. The second-order valence-corrected chi connectivity index (χ2v) is 6.29. The van der Waals surface area contributed by atoms with Crippen LogP contribution < -0.4 is 5.32 Å². The molecule has 1 N–H and O–H groups in total. The highest BCUT2D eigenvalue weighted by atomic mass is 16.5. The van der Waals surface area contributed by atoms with Crippen LogP contribution in [0, 0.1) is 11.8 Å². The van der Waals surface area contributed by atoms with E-state index in [1.165, 1.54) is 17.5 Å². The van der Waals surface area contributed by atoms with Gasteiger partial charge in [0.1, 0.15) is 5.82 Å². The third kappa shape index (κ3) is 2.58. The zero-order valence-electron chi connectivity index (χ0n) is 13.2. The highest BCUT2D eigenvalue weighted by Crippen LogP contribution is 2.61. The molecule has 3 unspecified atom stereocenters. The van der Waals surface area contributed by atoms with Crippen molar-refractivity contribution in [3.8, 4) is 0 Å². The number of anilines is 1. The molecule has 1 fully saturated rings. The maximum absolute atomic E-state index is 11.6. The zero-order chi connectivity index (χ0) is 15.8. The second-order valence-electron chi connectivity index (χ2n) is 6.29. The lowest BCUT2D eigenvalue weighted by Crippen LogP contribution is -2.10. The summed E-state index contributed by atoms with van der Waals surface area (Å²) in [4.78, 5) is 15.9. The SMILES string of the molecule is CCOC(=O)c1ccc(NCC2C3Cc4ccccc4C23)nc1. The maximum atomic E-state index is 11.6. The fraction of sp³-hybridized carbons (Fsp3) is 0.368. The van der Waals surface area contributed by atoms with Gasteiger partial charge in [0.15, 0.2) is 0 Å². The number of carbonyl (C=O) groups is 1. The second kappa shape index (κ2) is 5.69. The molecule has 4 heteroatoms. The summed E-state index contributed by atoms with van der Waals surface area (Å²) in [7, 11) is 0. The van der Waals surface area contributed by atoms with Gasteiger partial charge >= 0.3 is 5.97 Å². The largest absolute Gasteiger partial charge is 0.462 e. The number of nitrogens with zero attached hydrogens (tertiary/aromatic N) is 1. The summed E-state index contributed by atoms with van der Waals surface area (Å²) in [5, 5.41) is 3.40. The Morgan fingerprint density at radius 3 is 2.96 bits per heavy atom. The number of hydrogen-bond acceptors (Lipinski definition) is 4. The summed E-state index contributed by atoms with van der Waals surface area (Å²) >= 11 is 0. The molecule has 2 aliphatic carbocycles. The summed E-state index contributed by atoms with van der Waals surface area (Å²) in [6, 6.07) is 12.4. The number of benzene rings is 1. The molecule has 0 spiro atoms. The number of aromatic nitrogens is 1. The van der Waals surface area contributed by atoms with Crippen molar-refractivity contribution in [2.45, 2.75) is 19.3 Å². The number of nitrogens with one attached hydrogen (secondary N) is 1. The molecule has 4 rings (SSSR count). The van der Waals surface area contributed by atoms with Crippen molar-refractivity contribution in [2.24, 2.45) is 11.8 Å². The molecule has 0 saturated heterocycles. The maximum Gasteiger partial charge on any atom is 0.339 e. The number of hydrogen-bond donors (Lipinski definition) is 1. The third-order valence-electron chi connectivity index (χ3n) is 4.99. The predicted octanol–water partition coefficient (Wildman–Crippen LogP) is 3.26. The molecule has 23 heavy (non-hydrogen) atoms. The van der Waals surface area contributed by atoms with E-state index in [4.69, 9.17) is 4.74 Å². The lowest BCUT2D eigenvalue weighted by atomic mass is 10.0. The van der Waals surface area contributed by atoms with Crippen LogP contribution in [0.25, 0.3) is 0 Å². The molecule has 3 atom stereocenters. The van der Waals surface area contributed by atoms with Crippen molar-refractivity contribution < 1.29 is 9.53 Å². The Bertz CT molecular complexity index is 726. The number of pyridine rings is 1. The van der Waals surface area contributed by atoms with Crippen molar-refractivity contribution in [2.75, 3.05) is 18.5 Å². The van der Waals surface area contributed by atoms with Crippen LogP contribution >= 0.6 is 0 Å². The highest BCUT2D eigenvalue weighted by molar-refractivity contribution is 5.89. The number of rotatable bonds is 5. The van der Waals surface area contributed by atoms with Gasteiger partial charge in [0.05, 0.1) is 12.2 Å². The Hall–Kier alpha value is -2.36. The first-order valence-corrected chi connectivity index (χ1v) is 8.22. The van der Waals surface area contributed by atoms with Crippen LogP contribution in [-0.4, -0.2) is 24.1 Å². The van der Waals surface area contributed by atoms with Gasteiger partial charge in [0.2, 0.25) is 0 Å². The average Bonchev–Trinajstić information content (AvgIpc) is 3.12. The van der Waals surface area contributed by atoms with E-state index in [-0.39, 0.29) is 5.97 Å². The standard InChI is InChI=1S/C19H20N2O2/c1-2-23-19(22)13-7-8-17(20-10-13)21-11-16-15-9-12-5-3-4-6-14(12)18(15)16/h3-8,10,15-16,18H,2,9,11H2,1H3,(H,20,21). The summed E-state index contributed by atoms with van der Waals surface area (Å²) in [6.45, 7) is 3.12. The molecular weight excluding hydrogens is 288 g/mol. The molecule has 2 aliphatic rings. The summed E-state index contributed by atoms with van der Waals surface area (Å²) in [5.41, 5.74) is 3.56. The van der Waals surface area contributed by atoms with Gasteiger partial charge in [-0.05, 0) is 54.4 Å². The summed E-state index contributed by atoms with van der Waals surface area (Å²) < 4.78 is 4.96.